The van der Waals surface area contributed by atoms with E-state index in [1.807, 2.05) is 42.5 Å². The summed E-state index contributed by atoms with van der Waals surface area (Å²) in [4.78, 5) is 26.8. The van der Waals surface area contributed by atoms with E-state index in [9.17, 15) is 9.59 Å². The lowest BCUT2D eigenvalue weighted by molar-refractivity contribution is -0.199. The summed E-state index contributed by atoms with van der Waals surface area (Å²) in [7, 11) is 1.09. The van der Waals surface area contributed by atoms with Crippen LogP contribution in [0, 0.1) is 23.2 Å². The fourth-order valence-corrected chi connectivity index (χ4v) is 7.29. The van der Waals surface area contributed by atoms with Crippen LogP contribution in [0.1, 0.15) is 82.3 Å². The van der Waals surface area contributed by atoms with E-state index in [1.54, 1.807) is 19.2 Å². The number of ether oxygens (including phenoxy) is 1. The van der Waals surface area contributed by atoms with Gasteiger partial charge >= 0.3 is 7.12 Å². The Labute approximate surface area is 238 Å². The zero-order chi connectivity index (χ0) is 28.7. The number of methoxy groups -OCH3 is 1. The minimum atomic E-state index is -0.581. The molecule has 2 bridgehead atoms. The molecule has 40 heavy (non-hydrogen) atoms. The van der Waals surface area contributed by atoms with Crippen LogP contribution in [-0.4, -0.2) is 43.7 Å². The van der Waals surface area contributed by atoms with Gasteiger partial charge in [-0.05, 0) is 67.6 Å². The summed E-state index contributed by atoms with van der Waals surface area (Å²) in [6.45, 7) is 11.2. The van der Waals surface area contributed by atoms with Crippen molar-refractivity contribution in [3.05, 3.63) is 65.7 Å². The van der Waals surface area contributed by atoms with Crippen molar-refractivity contribution in [3.8, 4) is 5.75 Å². The van der Waals surface area contributed by atoms with Crippen LogP contribution in [0.5, 0.6) is 5.75 Å². The van der Waals surface area contributed by atoms with Crippen LogP contribution < -0.4 is 15.4 Å². The number of benzene rings is 2. The summed E-state index contributed by atoms with van der Waals surface area (Å²) in [6, 6.07) is 15.9. The Morgan fingerprint density at radius 1 is 1.02 bits per heavy atom. The first-order chi connectivity index (χ1) is 19.0. The number of rotatable bonds is 10. The van der Waals surface area contributed by atoms with Gasteiger partial charge in [-0.1, -0.05) is 64.1 Å². The van der Waals surface area contributed by atoms with E-state index >= 15 is 0 Å². The van der Waals surface area contributed by atoms with E-state index in [-0.39, 0.29) is 41.3 Å². The van der Waals surface area contributed by atoms with E-state index in [1.165, 1.54) is 6.42 Å². The van der Waals surface area contributed by atoms with Crippen molar-refractivity contribution in [2.45, 2.75) is 84.0 Å². The lowest BCUT2D eigenvalue weighted by Gasteiger charge is -2.64. The molecule has 2 amide bonds. The van der Waals surface area contributed by atoms with Crippen molar-refractivity contribution in [1.29, 1.82) is 0 Å². The van der Waals surface area contributed by atoms with Crippen LogP contribution in [0.25, 0.3) is 0 Å². The van der Waals surface area contributed by atoms with Crippen molar-refractivity contribution >= 4 is 18.9 Å². The van der Waals surface area contributed by atoms with E-state index in [4.69, 9.17) is 14.0 Å². The quantitative estimate of drug-likeness (QED) is 0.392. The number of para-hydroxylation sites is 1. The van der Waals surface area contributed by atoms with Crippen molar-refractivity contribution in [2.75, 3.05) is 7.11 Å². The molecule has 0 radical (unpaired) electrons. The van der Waals surface area contributed by atoms with Crippen LogP contribution in [0.15, 0.2) is 54.6 Å². The van der Waals surface area contributed by atoms with Gasteiger partial charge in [-0.3, -0.25) is 9.59 Å². The molecule has 3 saturated carbocycles. The second-order valence-corrected chi connectivity index (χ2v) is 13.0. The van der Waals surface area contributed by atoms with Gasteiger partial charge in [0.2, 0.25) is 5.91 Å². The van der Waals surface area contributed by atoms with Gasteiger partial charge in [0, 0.05) is 11.1 Å². The van der Waals surface area contributed by atoms with Gasteiger partial charge in [0.25, 0.3) is 5.91 Å². The standard InChI is InChI=1S/C32H43BN2O5/c1-20(2)16-28(33-39-27-18-22-17-26(31(22,3)4)32(27,5)40-33)35-29(36)19-24(23-14-10-11-15-25(23)38-6)34-30(37)21-12-8-7-9-13-21/h7-15,20,22,24,26-28H,16-19H2,1-6H3,(H,34,37)(H,35,36)/t22?,24?,26?,27-,28+,32+/m1/s1. The topological polar surface area (TPSA) is 85.9 Å². The summed E-state index contributed by atoms with van der Waals surface area (Å²) in [5.74, 6) is 1.35. The molecule has 3 unspecified atom stereocenters. The average Bonchev–Trinajstić information content (AvgIpc) is 3.29. The molecular formula is C32H43BN2O5. The molecule has 214 valence electrons. The number of amides is 2. The molecule has 6 atom stereocenters. The maximum atomic E-state index is 13.6. The molecule has 6 rings (SSSR count). The molecule has 3 aliphatic carbocycles. The number of carbonyl (C=O) groups is 2. The monoisotopic (exact) mass is 546 g/mol. The summed E-state index contributed by atoms with van der Waals surface area (Å²) in [5, 5.41) is 6.30. The molecule has 8 heteroatoms. The lowest BCUT2D eigenvalue weighted by atomic mass is 9.43. The maximum absolute atomic E-state index is 13.6. The van der Waals surface area contributed by atoms with Crippen molar-refractivity contribution < 1.29 is 23.6 Å². The van der Waals surface area contributed by atoms with Crippen LogP contribution in [0.2, 0.25) is 0 Å². The predicted molar refractivity (Wildman–Crippen MR) is 156 cm³/mol. The first-order valence-electron chi connectivity index (χ1n) is 14.6. The number of hydrogen-bond acceptors (Lipinski definition) is 5. The van der Waals surface area contributed by atoms with Gasteiger partial charge < -0.3 is 24.7 Å². The molecule has 4 aliphatic rings. The SMILES string of the molecule is COc1ccccc1C(CC(=O)N[C@@H](CC(C)C)B1O[C@@H]2CC3CC(C3(C)C)[C@]2(C)O1)NC(=O)c1ccccc1. The second-order valence-electron chi connectivity index (χ2n) is 13.0. The van der Waals surface area contributed by atoms with Crippen LogP contribution >= 0.6 is 0 Å². The summed E-state index contributed by atoms with van der Waals surface area (Å²) >= 11 is 0. The third kappa shape index (κ3) is 5.40. The molecule has 2 N–H and O–H groups in total. The second kappa shape index (κ2) is 11.2. The first kappa shape index (κ1) is 28.7. The molecule has 1 aliphatic heterocycles. The Morgan fingerprint density at radius 3 is 2.40 bits per heavy atom. The van der Waals surface area contributed by atoms with Gasteiger partial charge in [-0.25, -0.2) is 0 Å². The molecule has 4 fully saturated rings. The zero-order valence-electron chi connectivity index (χ0n) is 24.6. The molecule has 0 spiro atoms. The highest BCUT2D eigenvalue weighted by Gasteiger charge is 2.68. The fourth-order valence-electron chi connectivity index (χ4n) is 7.29. The van der Waals surface area contributed by atoms with Gasteiger partial charge in [-0.2, -0.15) is 0 Å². The smallest absolute Gasteiger partial charge is 0.481 e. The normalized spacial score (nSPS) is 27.8. The lowest BCUT2D eigenvalue weighted by Crippen LogP contribution is -2.65. The maximum Gasteiger partial charge on any atom is 0.481 e. The molecule has 2 aromatic carbocycles. The van der Waals surface area contributed by atoms with Crippen LogP contribution in [-0.2, 0) is 14.1 Å². The predicted octanol–water partition coefficient (Wildman–Crippen LogP) is 5.35. The zero-order valence-corrected chi connectivity index (χ0v) is 24.6. The molecule has 1 saturated heterocycles. The average molecular weight is 547 g/mol. The third-order valence-electron chi connectivity index (χ3n) is 9.61. The van der Waals surface area contributed by atoms with Gasteiger partial charge in [0.1, 0.15) is 5.75 Å². The van der Waals surface area contributed by atoms with Crippen LogP contribution in [0.4, 0.5) is 0 Å². The van der Waals surface area contributed by atoms with Gasteiger partial charge in [0.05, 0.1) is 37.2 Å². The summed E-state index contributed by atoms with van der Waals surface area (Å²) < 4.78 is 18.9. The molecule has 0 aromatic heterocycles. The van der Waals surface area contributed by atoms with Crippen molar-refractivity contribution in [3.63, 3.8) is 0 Å². The van der Waals surface area contributed by atoms with Crippen molar-refractivity contribution in [1.82, 2.24) is 10.6 Å². The Morgan fingerprint density at radius 2 is 1.73 bits per heavy atom. The summed E-state index contributed by atoms with van der Waals surface area (Å²) in [5.41, 5.74) is 1.19. The highest BCUT2D eigenvalue weighted by molar-refractivity contribution is 6.47. The Bertz CT molecular complexity index is 1220. The molecule has 1 heterocycles. The van der Waals surface area contributed by atoms with Gasteiger partial charge in [-0.15, -0.1) is 0 Å². The Balaban J connectivity index is 1.33. The minimum absolute atomic E-state index is 0.0485. The third-order valence-corrected chi connectivity index (χ3v) is 9.61. The van der Waals surface area contributed by atoms with E-state index in [0.29, 0.717) is 29.1 Å². The van der Waals surface area contributed by atoms with E-state index < -0.39 is 13.2 Å². The van der Waals surface area contributed by atoms with E-state index in [2.05, 4.69) is 45.3 Å². The first-order valence-corrected chi connectivity index (χ1v) is 14.6. The fraction of sp³-hybridized carbons (Fsp3) is 0.562. The summed E-state index contributed by atoms with van der Waals surface area (Å²) in [6.07, 6.45) is 3.01. The minimum Gasteiger partial charge on any atom is -0.496 e. The molecule has 7 nitrogen and oxygen atoms in total. The molecular weight excluding hydrogens is 503 g/mol. The Kier molecular flexibility index (Phi) is 8.04. The number of carbonyl (C=O) groups excluding carboxylic acids is 2. The Hall–Kier alpha value is -2.84. The van der Waals surface area contributed by atoms with Crippen LogP contribution in [0.3, 0.4) is 0 Å². The number of hydrogen-bond donors (Lipinski definition) is 2. The highest BCUT2D eigenvalue weighted by Crippen LogP contribution is 2.65. The van der Waals surface area contributed by atoms with E-state index in [0.717, 1.165) is 18.4 Å². The molecule has 2 aromatic rings. The number of nitrogens with one attached hydrogen (secondary N) is 2. The highest BCUT2D eigenvalue weighted by atomic mass is 16.7. The largest absolute Gasteiger partial charge is 0.496 e. The van der Waals surface area contributed by atoms with Gasteiger partial charge in [0.15, 0.2) is 0 Å². The van der Waals surface area contributed by atoms with Crippen molar-refractivity contribution in [2.24, 2.45) is 23.2 Å².